The van der Waals surface area contributed by atoms with Gasteiger partial charge in [0, 0.05) is 6.04 Å². The Bertz CT molecular complexity index is 103. The fourth-order valence-electron chi connectivity index (χ4n) is 1.28. The highest BCUT2D eigenvalue weighted by Gasteiger charge is 2.15. The molecule has 0 spiro atoms. The summed E-state index contributed by atoms with van der Waals surface area (Å²) in [5.74, 6) is 0. The third-order valence-corrected chi connectivity index (χ3v) is 1.82. The van der Waals surface area contributed by atoms with Crippen LogP contribution >= 0.6 is 0 Å². The van der Waals surface area contributed by atoms with Gasteiger partial charge in [-0.2, -0.15) is 0 Å². The largest absolute Gasteiger partial charge is 0.305 e. The van der Waals surface area contributed by atoms with Crippen LogP contribution in [0.4, 0.5) is 0 Å². The summed E-state index contributed by atoms with van der Waals surface area (Å²) in [5, 5.41) is 3.20. The van der Waals surface area contributed by atoms with E-state index in [1.165, 1.54) is 12.8 Å². The van der Waals surface area contributed by atoms with Gasteiger partial charge in [-0.3, -0.25) is 0 Å². The molecule has 9 heavy (non-hydrogen) atoms. The predicted molar refractivity (Wildman–Crippen MR) is 36.3 cm³/mol. The van der Waals surface area contributed by atoms with Crippen molar-refractivity contribution < 1.29 is 4.79 Å². The zero-order valence-electron chi connectivity index (χ0n) is 5.76. The summed E-state index contributed by atoms with van der Waals surface area (Å²) < 4.78 is 0. The topological polar surface area (TPSA) is 29.1 Å². The van der Waals surface area contributed by atoms with Gasteiger partial charge < -0.3 is 10.1 Å². The zero-order valence-corrected chi connectivity index (χ0v) is 5.76. The van der Waals surface area contributed by atoms with Crippen LogP contribution in [0.5, 0.6) is 0 Å². The Morgan fingerprint density at radius 2 is 2.33 bits per heavy atom. The van der Waals surface area contributed by atoms with Crippen molar-refractivity contribution in [3.05, 3.63) is 0 Å². The number of piperidine rings is 1. The van der Waals surface area contributed by atoms with E-state index in [1.807, 2.05) is 0 Å². The second kappa shape index (κ2) is 2.97. The molecule has 0 bridgehead atoms. The Balaban J connectivity index is 2.31. The molecule has 0 aromatic carbocycles. The van der Waals surface area contributed by atoms with E-state index in [1.54, 1.807) is 0 Å². The third kappa shape index (κ3) is 1.79. The molecule has 1 fully saturated rings. The molecule has 2 nitrogen and oxygen atoms in total. The van der Waals surface area contributed by atoms with Gasteiger partial charge in [0.1, 0.15) is 6.29 Å². The number of nitrogens with one attached hydrogen (secondary N) is 1. The summed E-state index contributed by atoms with van der Waals surface area (Å²) in [7, 11) is 0. The minimum absolute atomic E-state index is 0.133. The molecule has 1 heterocycles. The monoisotopic (exact) mass is 127 g/mol. The van der Waals surface area contributed by atoms with Crippen LogP contribution in [0.2, 0.25) is 0 Å². The van der Waals surface area contributed by atoms with Crippen molar-refractivity contribution in [1.29, 1.82) is 0 Å². The molecule has 2 heteroatoms. The van der Waals surface area contributed by atoms with Crippen molar-refractivity contribution in [1.82, 2.24) is 5.32 Å². The molecule has 1 N–H and O–H groups in total. The Labute approximate surface area is 55.6 Å². The lowest BCUT2D eigenvalue weighted by Gasteiger charge is -2.24. The van der Waals surface area contributed by atoms with E-state index in [9.17, 15) is 4.79 Å². The van der Waals surface area contributed by atoms with Crippen molar-refractivity contribution in [3.63, 3.8) is 0 Å². The van der Waals surface area contributed by atoms with Crippen LogP contribution in [0, 0.1) is 0 Å². The van der Waals surface area contributed by atoms with Gasteiger partial charge in [0.05, 0.1) is 6.04 Å². The maximum Gasteiger partial charge on any atom is 0.136 e. The van der Waals surface area contributed by atoms with Crippen LogP contribution in [0.1, 0.15) is 26.2 Å². The lowest BCUT2D eigenvalue weighted by atomic mass is 10.0. The summed E-state index contributed by atoms with van der Waals surface area (Å²) >= 11 is 0. The van der Waals surface area contributed by atoms with Gasteiger partial charge in [-0.25, -0.2) is 0 Å². The van der Waals surface area contributed by atoms with Crippen molar-refractivity contribution in [2.45, 2.75) is 38.3 Å². The Hall–Kier alpha value is -0.370. The molecule has 0 aromatic rings. The first-order chi connectivity index (χ1) is 4.33. The highest BCUT2D eigenvalue weighted by Crippen LogP contribution is 2.09. The minimum Gasteiger partial charge on any atom is -0.305 e. The van der Waals surface area contributed by atoms with Crippen molar-refractivity contribution >= 4 is 6.29 Å². The maximum absolute atomic E-state index is 10.2. The van der Waals surface area contributed by atoms with Gasteiger partial charge >= 0.3 is 0 Å². The Morgan fingerprint density at radius 3 is 2.78 bits per heavy atom. The van der Waals surface area contributed by atoms with E-state index < -0.39 is 0 Å². The SMILES string of the molecule is C[C@@H]1CCC[C@H](C=O)N1. The normalized spacial score (nSPS) is 36.1. The highest BCUT2D eigenvalue weighted by molar-refractivity contribution is 5.57. The molecule has 0 amide bonds. The zero-order chi connectivity index (χ0) is 6.69. The van der Waals surface area contributed by atoms with E-state index in [2.05, 4.69) is 12.2 Å². The Morgan fingerprint density at radius 1 is 1.56 bits per heavy atom. The molecule has 52 valence electrons. The van der Waals surface area contributed by atoms with Gasteiger partial charge in [-0.1, -0.05) is 0 Å². The van der Waals surface area contributed by atoms with Crippen molar-refractivity contribution in [3.8, 4) is 0 Å². The fourth-order valence-corrected chi connectivity index (χ4v) is 1.28. The number of rotatable bonds is 1. The van der Waals surface area contributed by atoms with Crippen molar-refractivity contribution in [2.24, 2.45) is 0 Å². The number of carbonyl (C=O) groups is 1. The van der Waals surface area contributed by atoms with Crippen LogP contribution in [0.15, 0.2) is 0 Å². The molecule has 0 saturated carbocycles. The van der Waals surface area contributed by atoms with Crippen LogP contribution < -0.4 is 5.32 Å². The van der Waals surface area contributed by atoms with E-state index in [0.717, 1.165) is 12.7 Å². The van der Waals surface area contributed by atoms with E-state index in [0.29, 0.717) is 6.04 Å². The average Bonchev–Trinajstić information content (AvgIpc) is 1.88. The smallest absolute Gasteiger partial charge is 0.136 e. The standard InChI is InChI=1S/C7H13NO/c1-6-3-2-4-7(5-9)8-6/h5-8H,2-4H2,1H3/t6-,7-/m1/s1. The van der Waals surface area contributed by atoms with Crippen molar-refractivity contribution in [2.75, 3.05) is 0 Å². The van der Waals surface area contributed by atoms with Gasteiger partial charge in [-0.05, 0) is 26.2 Å². The summed E-state index contributed by atoms with van der Waals surface area (Å²) in [6, 6.07) is 0.669. The Kier molecular flexibility index (Phi) is 2.22. The van der Waals surface area contributed by atoms with E-state index in [4.69, 9.17) is 0 Å². The van der Waals surface area contributed by atoms with Gasteiger partial charge in [0.2, 0.25) is 0 Å². The average molecular weight is 127 g/mol. The van der Waals surface area contributed by atoms with E-state index >= 15 is 0 Å². The van der Waals surface area contributed by atoms with Crippen LogP contribution in [0.25, 0.3) is 0 Å². The molecular formula is C7H13NO. The molecule has 0 aliphatic carbocycles. The summed E-state index contributed by atoms with van der Waals surface area (Å²) in [6.07, 6.45) is 4.44. The lowest BCUT2D eigenvalue weighted by Crippen LogP contribution is -2.41. The van der Waals surface area contributed by atoms with Gasteiger partial charge in [0.25, 0.3) is 0 Å². The molecule has 0 aromatic heterocycles. The predicted octanol–water partition coefficient (Wildman–Crippen LogP) is 0.716. The highest BCUT2D eigenvalue weighted by atomic mass is 16.1. The minimum atomic E-state index is 0.133. The van der Waals surface area contributed by atoms with Crippen LogP contribution in [-0.4, -0.2) is 18.4 Å². The second-order valence-corrected chi connectivity index (χ2v) is 2.74. The summed E-state index contributed by atoms with van der Waals surface area (Å²) in [6.45, 7) is 2.12. The van der Waals surface area contributed by atoms with Gasteiger partial charge in [0.15, 0.2) is 0 Å². The first kappa shape index (κ1) is 6.75. The molecule has 1 aliphatic heterocycles. The number of carbonyl (C=O) groups excluding carboxylic acids is 1. The number of aldehydes is 1. The molecule has 1 rings (SSSR count). The summed E-state index contributed by atoms with van der Waals surface area (Å²) in [5.41, 5.74) is 0. The van der Waals surface area contributed by atoms with Crippen LogP contribution in [0.3, 0.4) is 0 Å². The van der Waals surface area contributed by atoms with Gasteiger partial charge in [-0.15, -0.1) is 0 Å². The number of hydrogen-bond acceptors (Lipinski definition) is 2. The summed E-state index contributed by atoms with van der Waals surface area (Å²) in [4.78, 5) is 10.2. The quantitative estimate of drug-likeness (QED) is 0.526. The second-order valence-electron chi connectivity index (χ2n) is 2.74. The molecule has 1 aliphatic rings. The first-order valence-electron chi connectivity index (χ1n) is 3.54. The molecule has 0 unspecified atom stereocenters. The molecule has 2 atom stereocenters. The first-order valence-corrected chi connectivity index (χ1v) is 3.54. The maximum atomic E-state index is 10.2. The molecular weight excluding hydrogens is 114 g/mol. The third-order valence-electron chi connectivity index (χ3n) is 1.82. The van der Waals surface area contributed by atoms with Crippen LogP contribution in [-0.2, 0) is 4.79 Å². The number of hydrogen-bond donors (Lipinski definition) is 1. The fraction of sp³-hybridized carbons (Fsp3) is 0.857. The molecule has 1 saturated heterocycles. The van der Waals surface area contributed by atoms with E-state index in [-0.39, 0.29) is 6.04 Å². The lowest BCUT2D eigenvalue weighted by molar-refractivity contribution is -0.110. The molecule has 0 radical (unpaired) electrons.